The van der Waals surface area contributed by atoms with Crippen LogP contribution in [0.1, 0.15) is 18.2 Å². The first-order valence-corrected chi connectivity index (χ1v) is 5.39. The molecule has 0 aliphatic rings. The minimum Gasteiger partial charge on any atom is -0.388 e. The summed E-state index contributed by atoms with van der Waals surface area (Å²) in [7, 11) is 1.65. The zero-order chi connectivity index (χ0) is 12.0. The van der Waals surface area contributed by atoms with E-state index in [9.17, 15) is 0 Å². The highest BCUT2D eigenvalue weighted by Crippen LogP contribution is 2.05. The average Bonchev–Trinajstić information content (AvgIpc) is 2.27. The summed E-state index contributed by atoms with van der Waals surface area (Å²) in [5, 5.41) is 0. The molecule has 1 rings (SSSR count). The first kappa shape index (κ1) is 13.0. The van der Waals surface area contributed by atoms with Crippen molar-refractivity contribution in [2.75, 3.05) is 13.7 Å². The lowest BCUT2D eigenvalue weighted by atomic mass is 10.2. The van der Waals surface area contributed by atoms with Gasteiger partial charge in [-0.3, -0.25) is 4.98 Å². The van der Waals surface area contributed by atoms with E-state index in [2.05, 4.69) is 4.98 Å². The molecule has 4 nitrogen and oxygen atoms in total. The second-order valence-electron chi connectivity index (χ2n) is 3.49. The standard InChI is InChI=1S/C11H16N2O2S/c1-8(6-14-2)15-7-9-3-4-13-10(5-9)11(12)16/h3-5,8H,6-7H2,1-2H3,(H2,12,16). The van der Waals surface area contributed by atoms with E-state index in [-0.39, 0.29) is 6.10 Å². The molecule has 1 atom stereocenters. The van der Waals surface area contributed by atoms with Gasteiger partial charge < -0.3 is 15.2 Å². The fraction of sp³-hybridized carbons (Fsp3) is 0.455. The monoisotopic (exact) mass is 240 g/mol. The van der Waals surface area contributed by atoms with Gasteiger partial charge in [-0.15, -0.1) is 0 Å². The van der Waals surface area contributed by atoms with E-state index >= 15 is 0 Å². The molecule has 0 aromatic carbocycles. The predicted molar refractivity (Wildman–Crippen MR) is 66.3 cm³/mol. The zero-order valence-corrected chi connectivity index (χ0v) is 10.3. The summed E-state index contributed by atoms with van der Waals surface area (Å²) in [6.07, 6.45) is 1.74. The fourth-order valence-electron chi connectivity index (χ4n) is 1.22. The summed E-state index contributed by atoms with van der Waals surface area (Å²) in [5.74, 6) is 0. The van der Waals surface area contributed by atoms with Gasteiger partial charge in [-0.05, 0) is 24.6 Å². The van der Waals surface area contributed by atoms with Crippen LogP contribution < -0.4 is 5.73 Å². The van der Waals surface area contributed by atoms with Gasteiger partial charge in [-0.2, -0.15) is 0 Å². The van der Waals surface area contributed by atoms with Crippen molar-refractivity contribution in [3.05, 3.63) is 29.6 Å². The normalized spacial score (nSPS) is 12.4. The number of nitrogens with zero attached hydrogens (tertiary/aromatic N) is 1. The third-order valence-electron chi connectivity index (χ3n) is 2.01. The van der Waals surface area contributed by atoms with Crippen LogP contribution in [-0.2, 0) is 16.1 Å². The molecule has 1 aromatic rings. The van der Waals surface area contributed by atoms with Crippen LogP contribution in [-0.4, -0.2) is 29.8 Å². The van der Waals surface area contributed by atoms with E-state index in [0.717, 1.165) is 5.56 Å². The summed E-state index contributed by atoms with van der Waals surface area (Å²) in [5.41, 5.74) is 7.12. The topological polar surface area (TPSA) is 57.4 Å². The summed E-state index contributed by atoms with van der Waals surface area (Å²) >= 11 is 4.85. The average molecular weight is 240 g/mol. The first-order chi connectivity index (χ1) is 7.63. The molecular weight excluding hydrogens is 224 g/mol. The molecular formula is C11H16N2O2S. The van der Waals surface area contributed by atoms with Crippen molar-refractivity contribution in [2.24, 2.45) is 5.73 Å². The fourth-order valence-corrected chi connectivity index (χ4v) is 1.33. The van der Waals surface area contributed by atoms with Crippen LogP contribution in [0.4, 0.5) is 0 Å². The third kappa shape index (κ3) is 4.22. The lowest BCUT2D eigenvalue weighted by Crippen LogP contribution is -2.15. The highest BCUT2D eigenvalue weighted by molar-refractivity contribution is 7.80. The van der Waals surface area contributed by atoms with Crippen LogP contribution in [0, 0.1) is 0 Å². The number of methoxy groups -OCH3 is 1. The maximum Gasteiger partial charge on any atom is 0.122 e. The number of nitrogens with two attached hydrogens (primary N) is 1. The van der Waals surface area contributed by atoms with Gasteiger partial charge in [0.15, 0.2) is 0 Å². The van der Waals surface area contributed by atoms with Crippen molar-refractivity contribution >= 4 is 17.2 Å². The summed E-state index contributed by atoms with van der Waals surface area (Å²) in [6, 6.07) is 3.71. The van der Waals surface area contributed by atoms with Gasteiger partial charge in [-0.25, -0.2) is 0 Å². The minimum absolute atomic E-state index is 0.0615. The number of hydrogen-bond donors (Lipinski definition) is 1. The van der Waals surface area contributed by atoms with Crippen molar-refractivity contribution in [1.29, 1.82) is 0 Å². The maximum absolute atomic E-state index is 5.57. The van der Waals surface area contributed by atoms with E-state index < -0.39 is 0 Å². The highest BCUT2D eigenvalue weighted by atomic mass is 32.1. The van der Waals surface area contributed by atoms with Gasteiger partial charge in [0.05, 0.1) is 25.0 Å². The Kier molecular flexibility index (Phi) is 5.31. The molecule has 0 saturated carbocycles. The molecule has 2 N–H and O–H groups in total. The second kappa shape index (κ2) is 6.52. The van der Waals surface area contributed by atoms with Gasteiger partial charge in [0.25, 0.3) is 0 Å². The van der Waals surface area contributed by atoms with E-state index in [1.807, 2.05) is 19.1 Å². The van der Waals surface area contributed by atoms with Crippen LogP contribution in [0.25, 0.3) is 0 Å². The Bertz CT molecular complexity index is 358. The SMILES string of the molecule is COCC(C)OCc1ccnc(C(N)=S)c1. The summed E-state index contributed by atoms with van der Waals surface area (Å²) in [4.78, 5) is 4.35. The number of ether oxygens (including phenoxy) is 2. The van der Waals surface area contributed by atoms with E-state index in [4.69, 9.17) is 27.4 Å². The van der Waals surface area contributed by atoms with Gasteiger partial charge in [-0.1, -0.05) is 12.2 Å². The third-order valence-corrected chi connectivity index (χ3v) is 2.22. The number of rotatable bonds is 6. The number of pyridine rings is 1. The Labute approximate surface area is 101 Å². The van der Waals surface area contributed by atoms with Gasteiger partial charge >= 0.3 is 0 Å². The molecule has 1 unspecified atom stereocenters. The largest absolute Gasteiger partial charge is 0.388 e. The molecule has 0 amide bonds. The van der Waals surface area contributed by atoms with E-state index in [0.29, 0.717) is 23.9 Å². The Morgan fingerprint density at radius 1 is 1.62 bits per heavy atom. The number of aromatic nitrogens is 1. The molecule has 0 radical (unpaired) electrons. The Hall–Kier alpha value is -1.04. The molecule has 88 valence electrons. The van der Waals surface area contributed by atoms with E-state index in [1.165, 1.54) is 0 Å². The summed E-state index contributed by atoms with van der Waals surface area (Å²) in [6.45, 7) is 3.04. The van der Waals surface area contributed by atoms with Crippen LogP contribution in [0.3, 0.4) is 0 Å². The summed E-state index contributed by atoms with van der Waals surface area (Å²) < 4.78 is 10.5. The smallest absolute Gasteiger partial charge is 0.122 e. The number of thiocarbonyl (C=S) groups is 1. The molecule has 1 heterocycles. The first-order valence-electron chi connectivity index (χ1n) is 4.98. The Morgan fingerprint density at radius 2 is 2.38 bits per heavy atom. The predicted octanol–water partition coefficient (Wildman–Crippen LogP) is 1.27. The minimum atomic E-state index is 0.0615. The number of hydrogen-bond acceptors (Lipinski definition) is 4. The van der Waals surface area contributed by atoms with Gasteiger partial charge in [0.2, 0.25) is 0 Å². The molecule has 5 heteroatoms. The van der Waals surface area contributed by atoms with E-state index in [1.54, 1.807) is 13.3 Å². The Morgan fingerprint density at radius 3 is 3.00 bits per heavy atom. The lowest BCUT2D eigenvalue weighted by Gasteiger charge is -2.12. The molecule has 0 bridgehead atoms. The highest BCUT2D eigenvalue weighted by Gasteiger charge is 2.03. The molecule has 1 aromatic heterocycles. The van der Waals surface area contributed by atoms with Crippen molar-refractivity contribution in [3.63, 3.8) is 0 Å². The quantitative estimate of drug-likeness (QED) is 0.759. The Balaban J connectivity index is 2.54. The van der Waals surface area contributed by atoms with Crippen LogP contribution >= 0.6 is 12.2 Å². The van der Waals surface area contributed by atoms with Gasteiger partial charge in [0.1, 0.15) is 4.99 Å². The van der Waals surface area contributed by atoms with Crippen LogP contribution in [0.15, 0.2) is 18.3 Å². The van der Waals surface area contributed by atoms with Crippen molar-refractivity contribution in [1.82, 2.24) is 4.98 Å². The maximum atomic E-state index is 5.57. The van der Waals surface area contributed by atoms with Crippen molar-refractivity contribution < 1.29 is 9.47 Å². The second-order valence-corrected chi connectivity index (χ2v) is 3.93. The molecule has 16 heavy (non-hydrogen) atoms. The molecule has 0 saturated heterocycles. The molecule has 0 aliphatic heterocycles. The molecule has 0 aliphatic carbocycles. The lowest BCUT2D eigenvalue weighted by molar-refractivity contribution is -0.000151. The van der Waals surface area contributed by atoms with Crippen LogP contribution in [0.5, 0.6) is 0 Å². The van der Waals surface area contributed by atoms with Crippen LogP contribution in [0.2, 0.25) is 0 Å². The van der Waals surface area contributed by atoms with Crippen molar-refractivity contribution in [2.45, 2.75) is 19.6 Å². The zero-order valence-electron chi connectivity index (χ0n) is 9.47. The van der Waals surface area contributed by atoms with Gasteiger partial charge in [0, 0.05) is 13.3 Å². The molecule has 0 fully saturated rings. The van der Waals surface area contributed by atoms with Crippen molar-refractivity contribution in [3.8, 4) is 0 Å². The molecule has 0 spiro atoms.